The summed E-state index contributed by atoms with van der Waals surface area (Å²) in [7, 11) is 3.78. The maximum absolute atomic E-state index is 11.9. The Bertz CT molecular complexity index is 648. The predicted octanol–water partition coefficient (Wildman–Crippen LogP) is 0.873. The largest absolute Gasteiger partial charge is 0.353 e. The van der Waals surface area contributed by atoms with Crippen LogP contribution >= 0.6 is 24.0 Å². The molecule has 8 nitrogen and oxygen atoms in total. The maximum Gasteiger partial charge on any atom is 0.234 e. The molecule has 1 aliphatic rings. The fourth-order valence-electron chi connectivity index (χ4n) is 3.26. The van der Waals surface area contributed by atoms with Crippen molar-refractivity contribution >= 4 is 35.8 Å². The Hall–Kier alpha value is -1.36. The number of hydrogen-bond donors (Lipinski definition) is 2. The molecule has 0 saturated carbocycles. The SMILES string of the molecule is CN=C(NCc1c(C)nn(C)c1C)N1CCN(CC(=O)NC(C)C)CC1.I. The van der Waals surface area contributed by atoms with Gasteiger partial charge < -0.3 is 15.5 Å². The lowest BCUT2D eigenvalue weighted by atomic mass is 10.2. The maximum atomic E-state index is 11.9. The second kappa shape index (κ2) is 10.8. The summed E-state index contributed by atoms with van der Waals surface area (Å²) in [5.74, 6) is 0.998. The summed E-state index contributed by atoms with van der Waals surface area (Å²) in [5.41, 5.74) is 3.44. The molecule has 154 valence electrons. The van der Waals surface area contributed by atoms with E-state index in [1.807, 2.05) is 39.5 Å². The van der Waals surface area contributed by atoms with E-state index in [9.17, 15) is 4.79 Å². The van der Waals surface area contributed by atoms with Crippen molar-refractivity contribution in [1.82, 2.24) is 30.2 Å². The quantitative estimate of drug-likeness (QED) is 0.363. The number of halogens is 1. The zero-order valence-electron chi connectivity index (χ0n) is 17.4. The number of nitrogens with zero attached hydrogens (tertiary/aromatic N) is 5. The normalized spacial score (nSPS) is 15.7. The lowest BCUT2D eigenvalue weighted by molar-refractivity contribution is -0.123. The smallest absolute Gasteiger partial charge is 0.234 e. The molecule has 0 spiro atoms. The number of amides is 1. The molecule has 9 heteroatoms. The zero-order chi connectivity index (χ0) is 19.3. The first-order chi connectivity index (χ1) is 12.3. The Morgan fingerprint density at radius 2 is 1.85 bits per heavy atom. The highest BCUT2D eigenvalue weighted by Crippen LogP contribution is 2.11. The lowest BCUT2D eigenvalue weighted by Crippen LogP contribution is -2.54. The summed E-state index contributed by atoms with van der Waals surface area (Å²) in [6.07, 6.45) is 0. The van der Waals surface area contributed by atoms with E-state index in [1.165, 1.54) is 11.3 Å². The molecule has 0 radical (unpaired) electrons. The van der Waals surface area contributed by atoms with Crippen molar-refractivity contribution in [2.24, 2.45) is 12.0 Å². The van der Waals surface area contributed by atoms with Crippen LogP contribution in [0.4, 0.5) is 0 Å². The molecule has 2 N–H and O–H groups in total. The van der Waals surface area contributed by atoms with Crippen molar-refractivity contribution < 1.29 is 4.79 Å². The van der Waals surface area contributed by atoms with E-state index in [4.69, 9.17) is 0 Å². The Morgan fingerprint density at radius 3 is 2.33 bits per heavy atom. The van der Waals surface area contributed by atoms with Crippen molar-refractivity contribution in [2.75, 3.05) is 39.8 Å². The Balaban J connectivity index is 0.00000364. The van der Waals surface area contributed by atoms with Gasteiger partial charge in [-0.25, -0.2) is 0 Å². The van der Waals surface area contributed by atoms with Gasteiger partial charge in [-0.3, -0.25) is 19.4 Å². The van der Waals surface area contributed by atoms with E-state index in [0.29, 0.717) is 6.54 Å². The van der Waals surface area contributed by atoms with Gasteiger partial charge in [0.05, 0.1) is 12.2 Å². The third kappa shape index (κ3) is 6.63. The van der Waals surface area contributed by atoms with Crippen LogP contribution in [0, 0.1) is 13.8 Å². The van der Waals surface area contributed by atoms with Crippen LogP contribution in [0.3, 0.4) is 0 Å². The number of hydrogen-bond acceptors (Lipinski definition) is 4. The average molecular weight is 491 g/mol. The Morgan fingerprint density at radius 1 is 1.22 bits per heavy atom. The molecule has 1 amide bonds. The van der Waals surface area contributed by atoms with E-state index in [-0.39, 0.29) is 35.9 Å². The summed E-state index contributed by atoms with van der Waals surface area (Å²) in [5, 5.41) is 10.9. The van der Waals surface area contributed by atoms with Gasteiger partial charge in [0, 0.05) is 64.1 Å². The van der Waals surface area contributed by atoms with Crippen molar-refractivity contribution in [3.8, 4) is 0 Å². The number of aryl methyl sites for hydroxylation is 2. The van der Waals surface area contributed by atoms with Gasteiger partial charge in [0.15, 0.2) is 5.96 Å². The number of nitrogens with one attached hydrogen (secondary N) is 2. The summed E-state index contributed by atoms with van der Waals surface area (Å²) in [6.45, 7) is 12.7. The Labute approximate surface area is 179 Å². The van der Waals surface area contributed by atoms with Gasteiger partial charge >= 0.3 is 0 Å². The summed E-state index contributed by atoms with van der Waals surface area (Å²) in [6, 6.07) is 0.186. The van der Waals surface area contributed by atoms with E-state index in [0.717, 1.165) is 44.4 Å². The molecule has 2 rings (SSSR count). The minimum absolute atomic E-state index is 0. The standard InChI is InChI=1S/C18H33N7O.HI/c1-13(2)21-17(26)12-24-7-9-25(10-8-24)18(19-5)20-11-16-14(3)22-23(6)15(16)4;/h13H,7-12H2,1-6H3,(H,19,20)(H,21,26);1H. The predicted molar refractivity (Wildman–Crippen MR) is 120 cm³/mol. The monoisotopic (exact) mass is 491 g/mol. The van der Waals surface area contributed by atoms with Crippen molar-refractivity contribution in [1.29, 1.82) is 0 Å². The van der Waals surface area contributed by atoms with Gasteiger partial charge in [0.2, 0.25) is 5.91 Å². The molecule has 0 unspecified atom stereocenters. The summed E-state index contributed by atoms with van der Waals surface area (Å²) < 4.78 is 1.91. The first kappa shape index (κ1) is 23.7. The number of aromatic nitrogens is 2. The molecule has 1 fully saturated rings. The van der Waals surface area contributed by atoms with Gasteiger partial charge in [-0.2, -0.15) is 5.10 Å². The molecule has 1 aromatic rings. The summed E-state index contributed by atoms with van der Waals surface area (Å²) >= 11 is 0. The molecule has 0 aliphatic carbocycles. The molecular formula is C18H34IN7O. The lowest BCUT2D eigenvalue weighted by Gasteiger charge is -2.36. The second-order valence-corrected chi connectivity index (χ2v) is 7.16. The first-order valence-corrected chi connectivity index (χ1v) is 9.28. The zero-order valence-corrected chi connectivity index (χ0v) is 19.7. The van der Waals surface area contributed by atoms with Crippen LogP contribution in [-0.4, -0.2) is 77.3 Å². The number of carbonyl (C=O) groups is 1. The highest BCUT2D eigenvalue weighted by Gasteiger charge is 2.21. The van der Waals surface area contributed by atoms with Crippen LogP contribution in [0.2, 0.25) is 0 Å². The minimum atomic E-state index is 0. The van der Waals surface area contributed by atoms with Crippen LogP contribution in [0.15, 0.2) is 4.99 Å². The van der Waals surface area contributed by atoms with Crippen molar-refractivity contribution in [2.45, 2.75) is 40.3 Å². The highest BCUT2D eigenvalue weighted by molar-refractivity contribution is 14.0. The van der Waals surface area contributed by atoms with Crippen LogP contribution < -0.4 is 10.6 Å². The molecule has 0 bridgehead atoms. The van der Waals surface area contributed by atoms with Gasteiger partial charge in [0.1, 0.15) is 0 Å². The minimum Gasteiger partial charge on any atom is -0.353 e. The van der Waals surface area contributed by atoms with Gasteiger partial charge in [-0.1, -0.05) is 0 Å². The molecule has 1 aromatic heterocycles. The highest BCUT2D eigenvalue weighted by atomic mass is 127. The number of piperazine rings is 1. The number of aliphatic imine (C=N–C) groups is 1. The van der Waals surface area contributed by atoms with Gasteiger partial charge in [-0.15, -0.1) is 24.0 Å². The van der Waals surface area contributed by atoms with Crippen molar-refractivity contribution in [3.63, 3.8) is 0 Å². The second-order valence-electron chi connectivity index (χ2n) is 7.16. The fraction of sp³-hybridized carbons (Fsp3) is 0.722. The summed E-state index contributed by atoms with van der Waals surface area (Å²) in [4.78, 5) is 20.8. The van der Waals surface area contributed by atoms with Crippen LogP contribution in [0.1, 0.15) is 30.8 Å². The van der Waals surface area contributed by atoms with E-state index >= 15 is 0 Å². The Kier molecular flexibility index (Phi) is 9.51. The molecule has 27 heavy (non-hydrogen) atoms. The van der Waals surface area contributed by atoms with Crippen LogP contribution in [0.5, 0.6) is 0 Å². The molecular weight excluding hydrogens is 457 g/mol. The number of guanidine groups is 1. The van der Waals surface area contributed by atoms with E-state index < -0.39 is 0 Å². The molecule has 1 saturated heterocycles. The van der Waals surface area contributed by atoms with E-state index in [2.05, 4.69) is 37.4 Å². The van der Waals surface area contributed by atoms with Gasteiger partial charge in [0.25, 0.3) is 0 Å². The van der Waals surface area contributed by atoms with Crippen molar-refractivity contribution in [3.05, 3.63) is 17.0 Å². The van der Waals surface area contributed by atoms with E-state index in [1.54, 1.807) is 0 Å². The van der Waals surface area contributed by atoms with Gasteiger partial charge in [-0.05, 0) is 27.7 Å². The molecule has 0 atom stereocenters. The molecule has 2 heterocycles. The van der Waals surface area contributed by atoms with Crippen LogP contribution in [-0.2, 0) is 18.4 Å². The average Bonchev–Trinajstić information content (AvgIpc) is 2.81. The van der Waals surface area contributed by atoms with Crippen LogP contribution in [0.25, 0.3) is 0 Å². The topological polar surface area (TPSA) is 77.8 Å². The third-order valence-electron chi connectivity index (χ3n) is 4.78. The fourth-order valence-corrected chi connectivity index (χ4v) is 3.26. The first-order valence-electron chi connectivity index (χ1n) is 9.28. The number of rotatable bonds is 5. The molecule has 1 aliphatic heterocycles. The molecule has 0 aromatic carbocycles. The third-order valence-corrected chi connectivity index (χ3v) is 4.78. The number of carbonyl (C=O) groups excluding carboxylic acids is 1.